The Morgan fingerprint density at radius 1 is 1.08 bits per heavy atom. The number of hydrogen-bond acceptors (Lipinski definition) is 7. The number of rotatable bonds is 14. The van der Waals surface area contributed by atoms with Gasteiger partial charge in [0.25, 0.3) is 0 Å². The van der Waals surface area contributed by atoms with Gasteiger partial charge in [-0.15, -0.1) is 0 Å². The van der Waals surface area contributed by atoms with E-state index in [1.54, 1.807) is 24.3 Å². The third-order valence-electron chi connectivity index (χ3n) is 5.97. The van der Waals surface area contributed by atoms with Crippen molar-refractivity contribution >= 4 is 41.4 Å². The Bertz CT molecular complexity index is 930. The Morgan fingerprint density at radius 2 is 1.78 bits per heavy atom. The number of nitrogens with one attached hydrogen (secondary N) is 2. The van der Waals surface area contributed by atoms with E-state index < -0.39 is 53.8 Å². The normalized spacial score (nSPS) is 17.6. The first-order valence-electron chi connectivity index (χ1n) is 11.8. The minimum Gasteiger partial charge on any atom is -0.481 e. The number of nitrogens with two attached hydrogens (primary N) is 1. The number of benzene rings is 1. The number of carboxylic acid groups (broad SMARTS) is 2. The summed E-state index contributed by atoms with van der Waals surface area (Å²) in [5.74, 6) is -3.34. The first-order valence-corrected chi connectivity index (χ1v) is 13.2. The lowest BCUT2D eigenvalue weighted by Gasteiger charge is -2.30. The molecule has 1 aromatic rings. The van der Waals surface area contributed by atoms with E-state index in [1.807, 2.05) is 12.3 Å². The maximum atomic E-state index is 13.4. The van der Waals surface area contributed by atoms with E-state index in [0.29, 0.717) is 31.6 Å². The monoisotopic (exact) mass is 522 g/mol. The summed E-state index contributed by atoms with van der Waals surface area (Å²) in [5, 5.41) is 23.6. The van der Waals surface area contributed by atoms with Crippen molar-refractivity contribution in [3.63, 3.8) is 0 Å². The molecular formula is C24H34N4O7S. The van der Waals surface area contributed by atoms with Gasteiger partial charge in [-0.3, -0.25) is 19.2 Å². The molecule has 0 radical (unpaired) electrons. The molecule has 1 aliphatic heterocycles. The second kappa shape index (κ2) is 14.4. The second-order valence-corrected chi connectivity index (χ2v) is 9.65. The van der Waals surface area contributed by atoms with Crippen LogP contribution in [0.25, 0.3) is 0 Å². The maximum Gasteiger partial charge on any atom is 0.326 e. The highest BCUT2D eigenvalue weighted by atomic mass is 32.2. The number of carbonyl (C=O) groups excluding carboxylic acids is 3. The van der Waals surface area contributed by atoms with E-state index in [9.17, 15) is 29.1 Å². The minimum absolute atomic E-state index is 0.0721. The minimum atomic E-state index is -1.18. The molecule has 4 atom stereocenters. The zero-order valence-corrected chi connectivity index (χ0v) is 21.0. The molecule has 198 valence electrons. The zero-order chi connectivity index (χ0) is 26.7. The molecule has 0 saturated carbocycles. The lowest BCUT2D eigenvalue weighted by molar-refractivity contribution is -0.145. The smallest absolute Gasteiger partial charge is 0.326 e. The largest absolute Gasteiger partial charge is 0.481 e. The molecule has 1 aromatic carbocycles. The maximum absolute atomic E-state index is 13.4. The van der Waals surface area contributed by atoms with Crippen LogP contribution in [-0.4, -0.2) is 87.5 Å². The van der Waals surface area contributed by atoms with Gasteiger partial charge in [0, 0.05) is 19.4 Å². The summed E-state index contributed by atoms with van der Waals surface area (Å²) >= 11 is 1.48. The van der Waals surface area contributed by atoms with E-state index >= 15 is 0 Å². The molecule has 0 aromatic heterocycles. The Morgan fingerprint density at radius 3 is 2.39 bits per heavy atom. The molecule has 1 saturated heterocycles. The molecule has 36 heavy (non-hydrogen) atoms. The highest BCUT2D eigenvalue weighted by molar-refractivity contribution is 7.98. The Hall–Kier alpha value is -3.12. The average molecular weight is 523 g/mol. The van der Waals surface area contributed by atoms with E-state index in [-0.39, 0.29) is 19.3 Å². The van der Waals surface area contributed by atoms with Crippen LogP contribution in [0, 0.1) is 0 Å². The van der Waals surface area contributed by atoms with Gasteiger partial charge >= 0.3 is 11.9 Å². The van der Waals surface area contributed by atoms with Gasteiger partial charge < -0.3 is 31.5 Å². The van der Waals surface area contributed by atoms with Crippen LogP contribution in [0.4, 0.5) is 0 Å². The second-order valence-electron chi connectivity index (χ2n) is 8.66. The van der Waals surface area contributed by atoms with Crippen LogP contribution in [-0.2, 0) is 30.4 Å². The average Bonchev–Trinajstić information content (AvgIpc) is 3.34. The van der Waals surface area contributed by atoms with Crippen molar-refractivity contribution in [2.75, 3.05) is 18.6 Å². The molecular weight excluding hydrogens is 488 g/mol. The molecule has 0 aliphatic carbocycles. The molecule has 0 spiro atoms. The molecule has 1 heterocycles. The summed E-state index contributed by atoms with van der Waals surface area (Å²) in [6.07, 6.45) is 2.83. The number of likely N-dealkylation sites (tertiary alicyclic amines) is 1. The first kappa shape index (κ1) is 29.1. The standard InChI is InChI=1S/C24H34N4O7S/c1-36-13-11-17(26-21(31)16(25)9-10-20(29)30)23(33)28-12-5-8-19(28)22(32)27-18(24(34)35)14-15-6-3-2-4-7-15/h2-4,6-7,16-19H,5,8-14,25H2,1H3,(H,26,31)(H,27,32)(H,29,30)(H,34,35). The van der Waals surface area contributed by atoms with Gasteiger partial charge in [-0.05, 0) is 43.3 Å². The van der Waals surface area contributed by atoms with Crippen molar-refractivity contribution < 1.29 is 34.2 Å². The molecule has 12 heteroatoms. The Labute approximate surface area is 214 Å². The predicted molar refractivity (Wildman–Crippen MR) is 134 cm³/mol. The fourth-order valence-electron chi connectivity index (χ4n) is 4.00. The summed E-state index contributed by atoms with van der Waals surface area (Å²) in [5.41, 5.74) is 6.55. The first-order chi connectivity index (χ1) is 17.1. The molecule has 11 nitrogen and oxygen atoms in total. The molecule has 4 unspecified atom stereocenters. The zero-order valence-electron chi connectivity index (χ0n) is 20.2. The van der Waals surface area contributed by atoms with Crippen molar-refractivity contribution in [1.29, 1.82) is 0 Å². The quantitative estimate of drug-likeness (QED) is 0.228. The fourth-order valence-corrected chi connectivity index (χ4v) is 4.47. The lowest BCUT2D eigenvalue weighted by atomic mass is 10.0. The Kier molecular flexibility index (Phi) is 11.7. The molecule has 1 aliphatic rings. The molecule has 1 fully saturated rings. The van der Waals surface area contributed by atoms with Gasteiger partial charge in [0.05, 0.1) is 6.04 Å². The molecule has 0 bridgehead atoms. The number of nitrogens with zero attached hydrogens (tertiary/aromatic N) is 1. The summed E-state index contributed by atoms with van der Waals surface area (Å²) in [6, 6.07) is 4.88. The number of carboxylic acids is 2. The number of amides is 3. The van der Waals surface area contributed by atoms with Gasteiger partial charge in [-0.25, -0.2) is 4.79 Å². The topological polar surface area (TPSA) is 179 Å². The van der Waals surface area contributed by atoms with Gasteiger partial charge in [-0.2, -0.15) is 11.8 Å². The molecule has 3 amide bonds. The van der Waals surface area contributed by atoms with Gasteiger partial charge in [0.1, 0.15) is 18.1 Å². The van der Waals surface area contributed by atoms with Crippen molar-refractivity contribution in [3.8, 4) is 0 Å². The van der Waals surface area contributed by atoms with E-state index in [2.05, 4.69) is 10.6 Å². The van der Waals surface area contributed by atoms with Crippen LogP contribution in [0.2, 0.25) is 0 Å². The third-order valence-corrected chi connectivity index (χ3v) is 6.61. The van der Waals surface area contributed by atoms with E-state index in [0.717, 1.165) is 5.56 Å². The van der Waals surface area contributed by atoms with Crippen LogP contribution in [0.5, 0.6) is 0 Å². The number of carbonyl (C=O) groups is 5. The number of thioether (sulfide) groups is 1. The lowest BCUT2D eigenvalue weighted by Crippen LogP contribution is -2.57. The van der Waals surface area contributed by atoms with Crippen LogP contribution in [0.15, 0.2) is 30.3 Å². The highest BCUT2D eigenvalue weighted by Gasteiger charge is 2.39. The fraction of sp³-hybridized carbons (Fsp3) is 0.542. The van der Waals surface area contributed by atoms with Crippen molar-refractivity contribution in [2.24, 2.45) is 5.73 Å². The molecule has 6 N–H and O–H groups in total. The van der Waals surface area contributed by atoms with Crippen LogP contribution in [0.1, 0.15) is 37.7 Å². The summed E-state index contributed by atoms with van der Waals surface area (Å²) in [4.78, 5) is 62.9. The number of hydrogen-bond donors (Lipinski definition) is 5. The highest BCUT2D eigenvalue weighted by Crippen LogP contribution is 2.20. The van der Waals surface area contributed by atoms with Crippen molar-refractivity contribution in [2.45, 2.75) is 62.7 Å². The predicted octanol–water partition coefficient (Wildman–Crippen LogP) is 0.220. The SMILES string of the molecule is CSCCC(NC(=O)C(N)CCC(=O)O)C(=O)N1CCCC1C(=O)NC(Cc1ccccc1)C(=O)O. The van der Waals surface area contributed by atoms with E-state index in [1.165, 1.54) is 16.7 Å². The van der Waals surface area contributed by atoms with Gasteiger partial charge in [-0.1, -0.05) is 30.3 Å². The Balaban J connectivity index is 2.08. The number of aliphatic carboxylic acids is 2. The van der Waals surface area contributed by atoms with Gasteiger partial charge in [0.15, 0.2) is 0 Å². The van der Waals surface area contributed by atoms with Crippen LogP contribution >= 0.6 is 11.8 Å². The van der Waals surface area contributed by atoms with Crippen LogP contribution < -0.4 is 16.4 Å². The van der Waals surface area contributed by atoms with Crippen LogP contribution in [0.3, 0.4) is 0 Å². The summed E-state index contributed by atoms with van der Waals surface area (Å²) in [6.45, 7) is 0.296. The third kappa shape index (κ3) is 8.83. The van der Waals surface area contributed by atoms with E-state index in [4.69, 9.17) is 10.8 Å². The summed E-state index contributed by atoms with van der Waals surface area (Å²) in [7, 11) is 0. The van der Waals surface area contributed by atoms with Crippen molar-refractivity contribution in [3.05, 3.63) is 35.9 Å². The summed E-state index contributed by atoms with van der Waals surface area (Å²) < 4.78 is 0. The van der Waals surface area contributed by atoms with Crippen molar-refractivity contribution in [1.82, 2.24) is 15.5 Å². The molecule has 2 rings (SSSR count). The van der Waals surface area contributed by atoms with Gasteiger partial charge in [0.2, 0.25) is 17.7 Å².